The molecule has 19 heavy (non-hydrogen) atoms. The molecule has 0 fully saturated rings. The third-order valence-corrected chi connectivity index (χ3v) is 3.43. The van der Waals surface area contributed by atoms with Gasteiger partial charge in [-0.05, 0) is 35.7 Å². The molecule has 1 N–H and O–H groups in total. The van der Waals surface area contributed by atoms with Crippen molar-refractivity contribution < 1.29 is 0 Å². The van der Waals surface area contributed by atoms with Crippen molar-refractivity contribution >= 4 is 10.8 Å². The zero-order valence-corrected chi connectivity index (χ0v) is 11.5. The Bertz CT molecular complexity index is 565. The molecule has 0 saturated heterocycles. The number of fused-ring (bicyclic) bond motifs is 1. The van der Waals surface area contributed by atoms with Crippen LogP contribution in [0.15, 0.2) is 42.5 Å². The van der Waals surface area contributed by atoms with E-state index in [4.69, 9.17) is 6.42 Å². The van der Waals surface area contributed by atoms with E-state index in [1.165, 1.54) is 16.3 Å². The van der Waals surface area contributed by atoms with Gasteiger partial charge in [-0.15, -0.1) is 12.3 Å². The van der Waals surface area contributed by atoms with Gasteiger partial charge in [0.15, 0.2) is 0 Å². The second-order valence-electron chi connectivity index (χ2n) is 4.88. The summed E-state index contributed by atoms with van der Waals surface area (Å²) in [6.07, 6.45) is 8.28. The molecule has 0 bridgehead atoms. The van der Waals surface area contributed by atoms with Crippen LogP contribution in [0.3, 0.4) is 0 Å². The van der Waals surface area contributed by atoms with Crippen LogP contribution in [0.2, 0.25) is 0 Å². The summed E-state index contributed by atoms with van der Waals surface area (Å²) in [6.45, 7) is 3.13. The summed E-state index contributed by atoms with van der Waals surface area (Å²) >= 11 is 0. The van der Waals surface area contributed by atoms with E-state index in [1.54, 1.807) is 0 Å². The molecule has 2 aromatic carbocycles. The van der Waals surface area contributed by atoms with Crippen molar-refractivity contribution in [3.05, 3.63) is 48.0 Å². The van der Waals surface area contributed by atoms with Crippen LogP contribution in [0.1, 0.15) is 25.3 Å². The molecule has 1 nitrogen and oxygen atoms in total. The van der Waals surface area contributed by atoms with Gasteiger partial charge in [-0.1, -0.05) is 49.4 Å². The van der Waals surface area contributed by atoms with Crippen LogP contribution < -0.4 is 5.32 Å². The maximum atomic E-state index is 5.36. The molecule has 1 unspecified atom stereocenters. The zero-order chi connectivity index (χ0) is 13.5. The fourth-order valence-electron chi connectivity index (χ4n) is 2.47. The Balaban J connectivity index is 2.12. The number of benzene rings is 2. The summed E-state index contributed by atoms with van der Waals surface area (Å²) in [5.41, 5.74) is 1.38. The van der Waals surface area contributed by atoms with E-state index >= 15 is 0 Å². The standard InChI is InChI=1S/C18H21N/c1-3-5-10-18(19-4-2)14-15-11-12-16-8-6-7-9-17(16)13-15/h1,6-9,11-13,18-19H,4-5,10,14H2,2H3. The Morgan fingerprint density at radius 3 is 2.68 bits per heavy atom. The molecule has 0 amide bonds. The van der Waals surface area contributed by atoms with Gasteiger partial charge in [-0.3, -0.25) is 0 Å². The average molecular weight is 251 g/mol. The lowest BCUT2D eigenvalue weighted by atomic mass is 9.99. The van der Waals surface area contributed by atoms with Crippen molar-refractivity contribution in [3.8, 4) is 12.3 Å². The van der Waals surface area contributed by atoms with Crippen molar-refractivity contribution in [2.45, 2.75) is 32.2 Å². The first kappa shape index (κ1) is 13.6. The van der Waals surface area contributed by atoms with E-state index in [9.17, 15) is 0 Å². The van der Waals surface area contributed by atoms with Gasteiger partial charge in [0, 0.05) is 12.5 Å². The summed E-state index contributed by atoms with van der Waals surface area (Å²) in [6, 6.07) is 15.7. The van der Waals surface area contributed by atoms with Crippen LogP contribution in [-0.4, -0.2) is 12.6 Å². The van der Waals surface area contributed by atoms with Crippen LogP contribution in [0, 0.1) is 12.3 Å². The summed E-state index contributed by atoms with van der Waals surface area (Å²) in [5.74, 6) is 2.73. The minimum absolute atomic E-state index is 0.474. The zero-order valence-electron chi connectivity index (χ0n) is 11.5. The van der Waals surface area contributed by atoms with E-state index < -0.39 is 0 Å². The Morgan fingerprint density at radius 1 is 1.16 bits per heavy atom. The molecule has 0 aliphatic rings. The van der Waals surface area contributed by atoms with Crippen LogP contribution in [0.4, 0.5) is 0 Å². The van der Waals surface area contributed by atoms with Gasteiger partial charge < -0.3 is 5.32 Å². The number of likely N-dealkylation sites (N-methyl/N-ethyl adjacent to an activating group) is 1. The second kappa shape index (κ2) is 6.97. The minimum Gasteiger partial charge on any atom is -0.314 e. The van der Waals surface area contributed by atoms with Gasteiger partial charge in [0.05, 0.1) is 0 Å². The van der Waals surface area contributed by atoms with Gasteiger partial charge in [-0.25, -0.2) is 0 Å². The highest BCUT2D eigenvalue weighted by molar-refractivity contribution is 5.82. The van der Waals surface area contributed by atoms with E-state index in [1.807, 2.05) is 0 Å². The Morgan fingerprint density at radius 2 is 1.95 bits per heavy atom. The SMILES string of the molecule is C#CCCC(Cc1ccc2ccccc2c1)NCC. The molecule has 0 aliphatic carbocycles. The maximum absolute atomic E-state index is 5.36. The molecule has 1 heteroatoms. The quantitative estimate of drug-likeness (QED) is 0.771. The monoisotopic (exact) mass is 251 g/mol. The predicted molar refractivity (Wildman–Crippen MR) is 83.2 cm³/mol. The number of hydrogen-bond donors (Lipinski definition) is 1. The molecule has 1 atom stereocenters. The van der Waals surface area contributed by atoms with Gasteiger partial charge >= 0.3 is 0 Å². The molecule has 0 spiro atoms. The summed E-state index contributed by atoms with van der Waals surface area (Å²) in [4.78, 5) is 0. The molecule has 0 saturated carbocycles. The van der Waals surface area contributed by atoms with Crippen molar-refractivity contribution in [2.24, 2.45) is 0 Å². The number of terminal acetylenes is 1. The highest BCUT2D eigenvalue weighted by atomic mass is 14.9. The molecular formula is C18H21N. The first-order valence-corrected chi connectivity index (χ1v) is 6.98. The first-order chi connectivity index (χ1) is 9.33. The number of hydrogen-bond acceptors (Lipinski definition) is 1. The van der Waals surface area contributed by atoms with Gasteiger partial charge in [-0.2, -0.15) is 0 Å². The first-order valence-electron chi connectivity index (χ1n) is 6.98. The molecule has 98 valence electrons. The molecule has 0 heterocycles. The van der Waals surface area contributed by atoms with Crippen molar-refractivity contribution in [2.75, 3.05) is 6.54 Å². The fraction of sp³-hybridized carbons (Fsp3) is 0.333. The second-order valence-corrected chi connectivity index (χ2v) is 4.88. The highest BCUT2D eigenvalue weighted by Crippen LogP contribution is 2.17. The molecule has 0 radical (unpaired) electrons. The highest BCUT2D eigenvalue weighted by Gasteiger charge is 2.08. The number of rotatable bonds is 6. The average Bonchev–Trinajstić information content (AvgIpc) is 2.45. The summed E-state index contributed by atoms with van der Waals surface area (Å²) in [7, 11) is 0. The minimum atomic E-state index is 0.474. The molecule has 0 aliphatic heterocycles. The van der Waals surface area contributed by atoms with Gasteiger partial charge in [0.1, 0.15) is 0 Å². The van der Waals surface area contributed by atoms with Crippen molar-refractivity contribution in [1.82, 2.24) is 5.32 Å². The lowest BCUT2D eigenvalue weighted by Crippen LogP contribution is -2.30. The normalized spacial score (nSPS) is 12.2. The Hall–Kier alpha value is -1.78. The third kappa shape index (κ3) is 3.84. The van der Waals surface area contributed by atoms with E-state index in [0.29, 0.717) is 6.04 Å². The summed E-state index contributed by atoms with van der Waals surface area (Å²) < 4.78 is 0. The molecule has 2 rings (SSSR count). The largest absolute Gasteiger partial charge is 0.314 e. The van der Waals surface area contributed by atoms with E-state index in [2.05, 4.69) is 60.6 Å². The van der Waals surface area contributed by atoms with E-state index in [0.717, 1.165) is 25.8 Å². The van der Waals surface area contributed by atoms with Gasteiger partial charge in [0.2, 0.25) is 0 Å². The molecular weight excluding hydrogens is 230 g/mol. The fourth-order valence-corrected chi connectivity index (χ4v) is 2.47. The van der Waals surface area contributed by atoms with Crippen LogP contribution >= 0.6 is 0 Å². The predicted octanol–water partition coefficient (Wildman–Crippen LogP) is 3.77. The summed E-state index contributed by atoms with van der Waals surface area (Å²) in [5, 5.41) is 6.13. The van der Waals surface area contributed by atoms with Crippen LogP contribution in [0.25, 0.3) is 10.8 Å². The molecule has 0 aromatic heterocycles. The number of nitrogens with one attached hydrogen (secondary N) is 1. The third-order valence-electron chi connectivity index (χ3n) is 3.43. The smallest absolute Gasteiger partial charge is 0.0116 e. The van der Waals surface area contributed by atoms with Crippen molar-refractivity contribution in [1.29, 1.82) is 0 Å². The lowest BCUT2D eigenvalue weighted by Gasteiger charge is -2.17. The van der Waals surface area contributed by atoms with E-state index in [-0.39, 0.29) is 0 Å². The van der Waals surface area contributed by atoms with Crippen LogP contribution in [-0.2, 0) is 6.42 Å². The van der Waals surface area contributed by atoms with Gasteiger partial charge in [0.25, 0.3) is 0 Å². The Labute approximate surface area is 116 Å². The Kier molecular flexibility index (Phi) is 5.01. The van der Waals surface area contributed by atoms with Crippen LogP contribution in [0.5, 0.6) is 0 Å². The lowest BCUT2D eigenvalue weighted by molar-refractivity contribution is 0.497. The maximum Gasteiger partial charge on any atom is 0.0116 e. The molecule has 2 aromatic rings. The van der Waals surface area contributed by atoms with Crippen molar-refractivity contribution in [3.63, 3.8) is 0 Å². The topological polar surface area (TPSA) is 12.0 Å².